The smallest absolute Gasteiger partial charge is 0.262 e. The SMILES string of the molecule is Cc1cc(N2C(=O)c3ccccc3N[C@@H]2c2ccc(C(C)(C)C)cc2)ccc1Cl. The summed E-state index contributed by atoms with van der Waals surface area (Å²) in [5, 5.41) is 4.25. The Morgan fingerprint density at radius 2 is 1.66 bits per heavy atom. The number of halogens is 1. The van der Waals surface area contributed by atoms with Crippen molar-refractivity contribution in [3.8, 4) is 0 Å². The molecule has 148 valence electrons. The van der Waals surface area contributed by atoms with E-state index in [1.165, 1.54) is 5.56 Å². The quantitative estimate of drug-likeness (QED) is 0.514. The molecule has 4 rings (SSSR count). The molecule has 3 aromatic rings. The van der Waals surface area contributed by atoms with Crippen molar-refractivity contribution in [3.05, 3.63) is 94.0 Å². The second kappa shape index (κ2) is 7.23. The third-order valence-corrected chi connectivity index (χ3v) is 5.86. The van der Waals surface area contributed by atoms with Crippen LogP contribution in [-0.2, 0) is 5.41 Å². The molecule has 3 aromatic carbocycles. The summed E-state index contributed by atoms with van der Waals surface area (Å²) in [4.78, 5) is 15.3. The van der Waals surface area contributed by atoms with Crippen molar-refractivity contribution in [2.45, 2.75) is 39.3 Å². The highest BCUT2D eigenvalue weighted by molar-refractivity contribution is 6.31. The van der Waals surface area contributed by atoms with Crippen molar-refractivity contribution in [2.24, 2.45) is 0 Å². The molecule has 29 heavy (non-hydrogen) atoms. The number of aryl methyl sites for hydroxylation is 1. The molecule has 1 heterocycles. The summed E-state index contributed by atoms with van der Waals surface area (Å²) in [6, 6.07) is 21.9. The van der Waals surface area contributed by atoms with Crippen molar-refractivity contribution < 1.29 is 4.79 Å². The third kappa shape index (κ3) is 3.63. The molecule has 0 spiro atoms. The van der Waals surface area contributed by atoms with Gasteiger partial charge in [-0.15, -0.1) is 0 Å². The molecule has 0 aromatic heterocycles. The second-order valence-electron chi connectivity index (χ2n) is 8.57. The highest BCUT2D eigenvalue weighted by Crippen LogP contribution is 2.38. The first kappa shape index (κ1) is 19.5. The van der Waals surface area contributed by atoms with Crippen LogP contribution in [0.25, 0.3) is 0 Å². The van der Waals surface area contributed by atoms with Crippen molar-refractivity contribution in [2.75, 3.05) is 10.2 Å². The Hall–Kier alpha value is -2.78. The Morgan fingerprint density at radius 1 is 0.966 bits per heavy atom. The fraction of sp³-hybridized carbons (Fsp3) is 0.240. The Labute approximate surface area is 177 Å². The molecule has 1 aliphatic heterocycles. The first-order valence-electron chi connectivity index (χ1n) is 9.81. The van der Waals surface area contributed by atoms with Crippen LogP contribution >= 0.6 is 11.6 Å². The van der Waals surface area contributed by atoms with Gasteiger partial charge in [0.05, 0.1) is 5.56 Å². The lowest BCUT2D eigenvalue weighted by Crippen LogP contribution is -2.43. The van der Waals surface area contributed by atoms with E-state index in [1.807, 2.05) is 54.3 Å². The van der Waals surface area contributed by atoms with E-state index < -0.39 is 0 Å². The van der Waals surface area contributed by atoms with E-state index in [0.29, 0.717) is 10.6 Å². The fourth-order valence-corrected chi connectivity index (χ4v) is 3.81. The largest absolute Gasteiger partial charge is 0.360 e. The van der Waals surface area contributed by atoms with E-state index in [4.69, 9.17) is 11.6 Å². The first-order valence-corrected chi connectivity index (χ1v) is 10.2. The monoisotopic (exact) mass is 404 g/mol. The van der Waals surface area contributed by atoms with Crippen LogP contribution in [-0.4, -0.2) is 5.91 Å². The first-order chi connectivity index (χ1) is 13.8. The molecule has 0 saturated carbocycles. The molecule has 1 amide bonds. The van der Waals surface area contributed by atoms with Crippen molar-refractivity contribution in [1.29, 1.82) is 0 Å². The van der Waals surface area contributed by atoms with E-state index in [-0.39, 0.29) is 17.5 Å². The highest BCUT2D eigenvalue weighted by Gasteiger charge is 2.34. The van der Waals surface area contributed by atoms with Gasteiger partial charge in [-0.05, 0) is 59.4 Å². The van der Waals surface area contributed by atoms with Crippen LogP contribution in [0.1, 0.15) is 54.0 Å². The number of hydrogen-bond acceptors (Lipinski definition) is 2. The zero-order chi connectivity index (χ0) is 20.8. The minimum atomic E-state index is -0.299. The molecule has 1 N–H and O–H groups in total. The molecule has 0 saturated heterocycles. The minimum Gasteiger partial charge on any atom is -0.360 e. The molecule has 4 heteroatoms. The second-order valence-corrected chi connectivity index (χ2v) is 8.98. The molecule has 0 bridgehead atoms. The Kier molecular flexibility index (Phi) is 4.87. The van der Waals surface area contributed by atoms with Crippen LogP contribution in [0.4, 0.5) is 11.4 Å². The maximum Gasteiger partial charge on any atom is 0.262 e. The summed E-state index contributed by atoms with van der Waals surface area (Å²) >= 11 is 6.23. The molecule has 0 fully saturated rings. The lowest BCUT2D eigenvalue weighted by Gasteiger charge is -2.38. The van der Waals surface area contributed by atoms with Crippen LogP contribution < -0.4 is 10.2 Å². The zero-order valence-electron chi connectivity index (χ0n) is 17.2. The normalized spacial score (nSPS) is 16.4. The zero-order valence-corrected chi connectivity index (χ0v) is 17.9. The Bertz CT molecular complexity index is 1070. The van der Waals surface area contributed by atoms with Crippen LogP contribution in [0.5, 0.6) is 0 Å². The molecular weight excluding hydrogens is 380 g/mol. The maximum atomic E-state index is 13.5. The third-order valence-electron chi connectivity index (χ3n) is 5.44. The number of rotatable bonds is 2. The van der Waals surface area contributed by atoms with E-state index in [2.05, 4.69) is 50.4 Å². The van der Waals surface area contributed by atoms with Crippen LogP contribution in [0.15, 0.2) is 66.7 Å². The van der Waals surface area contributed by atoms with Gasteiger partial charge in [0.25, 0.3) is 5.91 Å². The standard InChI is InChI=1S/C25H25ClN2O/c1-16-15-19(13-14-21(16)26)28-23(17-9-11-18(12-10-17)25(2,3)4)27-22-8-6-5-7-20(22)24(28)29/h5-15,23,27H,1-4H3/t23-/m0/s1. The molecular formula is C25H25ClN2O. The average Bonchev–Trinajstić information content (AvgIpc) is 2.70. The number of hydrogen-bond donors (Lipinski definition) is 1. The number of carbonyl (C=O) groups is 1. The van der Waals surface area contributed by atoms with Crippen molar-refractivity contribution in [1.82, 2.24) is 0 Å². The minimum absolute atomic E-state index is 0.0222. The number of anilines is 2. The summed E-state index contributed by atoms with van der Waals surface area (Å²) in [5.41, 5.74) is 5.66. The van der Waals surface area contributed by atoms with Gasteiger partial charge in [-0.3, -0.25) is 9.69 Å². The van der Waals surface area contributed by atoms with Gasteiger partial charge >= 0.3 is 0 Å². The lowest BCUT2D eigenvalue weighted by molar-refractivity contribution is 0.0975. The van der Waals surface area contributed by atoms with Crippen LogP contribution in [0.3, 0.4) is 0 Å². The summed E-state index contributed by atoms with van der Waals surface area (Å²) in [6.07, 6.45) is -0.299. The molecule has 0 aliphatic carbocycles. The number of para-hydroxylation sites is 1. The van der Waals surface area contributed by atoms with Crippen LogP contribution in [0.2, 0.25) is 5.02 Å². The van der Waals surface area contributed by atoms with E-state index in [0.717, 1.165) is 22.5 Å². The van der Waals surface area contributed by atoms with E-state index in [9.17, 15) is 4.79 Å². The topological polar surface area (TPSA) is 32.3 Å². The molecule has 0 unspecified atom stereocenters. The van der Waals surface area contributed by atoms with Crippen LogP contribution in [0, 0.1) is 6.92 Å². The maximum absolute atomic E-state index is 13.5. The van der Waals surface area contributed by atoms with E-state index in [1.54, 1.807) is 0 Å². The van der Waals surface area contributed by atoms with Gasteiger partial charge in [-0.1, -0.05) is 68.8 Å². The van der Waals surface area contributed by atoms with Gasteiger partial charge in [-0.2, -0.15) is 0 Å². The predicted molar refractivity (Wildman–Crippen MR) is 121 cm³/mol. The van der Waals surface area contributed by atoms with Gasteiger partial charge in [-0.25, -0.2) is 0 Å². The average molecular weight is 405 g/mol. The lowest BCUT2D eigenvalue weighted by atomic mass is 9.86. The van der Waals surface area contributed by atoms with Gasteiger partial charge in [0.15, 0.2) is 0 Å². The molecule has 0 radical (unpaired) electrons. The molecule has 1 atom stereocenters. The fourth-order valence-electron chi connectivity index (χ4n) is 3.70. The Morgan fingerprint density at radius 3 is 2.31 bits per heavy atom. The Balaban J connectivity index is 1.82. The highest BCUT2D eigenvalue weighted by atomic mass is 35.5. The van der Waals surface area contributed by atoms with E-state index >= 15 is 0 Å². The number of nitrogens with one attached hydrogen (secondary N) is 1. The number of amides is 1. The number of fused-ring (bicyclic) bond motifs is 1. The summed E-state index contributed by atoms with van der Waals surface area (Å²) in [7, 11) is 0. The van der Waals surface area contributed by atoms with Gasteiger partial charge in [0, 0.05) is 16.4 Å². The number of nitrogens with zero attached hydrogens (tertiary/aromatic N) is 1. The van der Waals surface area contributed by atoms with Crippen molar-refractivity contribution in [3.63, 3.8) is 0 Å². The van der Waals surface area contributed by atoms with Crippen molar-refractivity contribution >= 4 is 28.9 Å². The van der Waals surface area contributed by atoms with Gasteiger partial charge in [0.2, 0.25) is 0 Å². The van der Waals surface area contributed by atoms with Gasteiger partial charge in [0.1, 0.15) is 6.17 Å². The molecule has 3 nitrogen and oxygen atoms in total. The number of carbonyl (C=O) groups excluding carboxylic acids is 1. The number of benzene rings is 3. The molecule has 1 aliphatic rings. The summed E-state index contributed by atoms with van der Waals surface area (Å²) in [6.45, 7) is 8.55. The summed E-state index contributed by atoms with van der Waals surface area (Å²) in [5.74, 6) is -0.0222. The summed E-state index contributed by atoms with van der Waals surface area (Å²) < 4.78 is 0. The van der Waals surface area contributed by atoms with Gasteiger partial charge < -0.3 is 5.32 Å². The predicted octanol–water partition coefficient (Wildman–Crippen LogP) is 6.72.